The van der Waals surface area contributed by atoms with E-state index in [1.165, 1.54) is 11.1 Å². The van der Waals surface area contributed by atoms with Gasteiger partial charge in [-0.25, -0.2) is 0 Å². The second-order valence-corrected chi connectivity index (χ2v) is 5.32. The first-order valence-electron chi connectivity index (χ1n) is 6.64. The molecule has 1 N–H and O–H groups in total. The Labute approximate surface area is 108 Å². The Kier molecular flexibility index (Phi) is 3.18. The number of nitrogens with one attached hydrogen (secondary N) is 1. The molecule has 3 nitrogen and oxygen atoms in total. The fourth-order valence-corrected chi connectivity index (χ4v) is 3.06. The van der Waals surface area contributed by atoms with Crippen LogP contribution < -0.4 is 5.32 Å². The highest BCUT2D eigenvalue weighted by Gasteiger charge is 2.33. The van der Waals surface area contributed by atoms with Crippen LogP contribution in [0, 0.1) is 0 Å². The third-order valence-electron chi connectivity index (χ3n) is 4.22. The molecule has 1 heterocycles. The van der Waals surface area contributed by atoms with Gasteiger partial charge >= 0.3 is 0 Å². The van der Waals surface area contributed by atoms with Crippen molar-refractivity contribution < 1.29 is 9.53 Å². The first-order valence-corrected chi connectivity index (χ1v) is 6.64. The van der Waals surface area contributed by atoms with E-state index in [1.54, 1.807) is 7.11 Å². The van der Waals surface area contributed by atoms with Gasteiger partial charge in [0, 0.05) is 20.1 Å². The van der Waals surface area contributed by atoms with Crippen molar-refractivity contribution in [1.29, 1.82) is 0 Å². The molecule has 1 fully saturated rings. The van der Waals surface area contributed by atoms with Crippen LogP contribution in [0.15, 0.2) is 24.3 Å². The van der Waals surface area contributed by atoms with Crippen molar-refractivity contribution in [3.63, 3.8) is 0 Å². The van der Waals surface area contributed by atoms with Gasteiger partial charge in [0.15, 0.2) is 0 Å². The van der Waals surface area contributed by atoms with Gasteiger partial charge in [-0.3, -0.25) is 4.79 Å². The molecule has 2 aliphatic rings. The van der Waals surface area contributed by atoms with E-state index in [9.17, 15) is 4.79 Å². The average Bonchev–Trinajstić information content (AvgIpc) is 2.84. The smallest absolute Gasteiger partial charge is 0.150 e. The van der Waals surface area contributed by atoms with E-state index in [1.807, 2.05) is 0 Å². The molecule has 1 aromatic carbocycles. The molecule has 0 amide bonds. The van der Waals surface area contributed by atoms with Crippen LogP contribution in [0.3, 0.4) is 0 Å². The van der Waals surface area contributed by atoms with Crippen molar-refractivity contribution in [3.8, 4) is 0 Å². The van der Waals surface area contributed by atoms with Crippen molar-refractivity contribution in [2.75, 3.05) is 13.7 Å². The third-order valence-corrected chi connectivity index (χ3v) is 4.22. The molecule has 1 aromatic rings. The molecule has 18 heavy (non-hydrogen) atoms. The average molecular weight is 245 g/mol. The summed E-state index contributed by atoms with van der Waals surface area (Å²) in [6.45, 7) is 0.800. The number of hydrogen-bond donors (Lipinski definition) is 1. The SMILES string of the molecule is COC1CNC(C(=O)CC2Cc3ccccc32)C1. The minimum absolute atomic E-state index is 0.00251. The number of ketones is 1. The molecule has 0 radical (unpaired) electrons. The minimum atomic E-state index is 0.00251. The first kappa shape index (κ1) is 11.9. The summed E-state index contributed by atoms with van der Waals surface area (Å²) in [6.07, 6.45) is 2.75. The number of fused-ring (bicyclic) bond motifs is 1. The van der Waals surface area contributed by atoms with Crippen LogP contribution in [0.2, 0.25) is 0 Å². The number of Topliss-reactive ketones (excluding diaryl/α,β-unsaturated/α-hetero) is 1. The summed E-state index contributed by atoms with van der Waals surface area (Å²) >= 11 is 0. The maximum atomic E-state index is 12.2. The summed E-state index contributed by atoms with van der Waals surface area (Å²) in [7, 11) is 1.71. The Bertz CT molecular complexity index is 458. The van der Waals surface area contributed by atoms with Gasteiger partial charge in [0.1, 0.15) is 5.78 Å². The molecule has 0 saturated carbocycles. The van der Waals surface area contributed by atoms with E-state index in [0.717, 1.165) is 19.4 Å². The highest BCUT2D eigenvalue weighted by atomic mass is 16.5. The third kappa shape index (κ3) is 2.08. The number of carbonyl (C=O) groups excluding carboxylic acids is 1. The van der Waals surface area contributed by atoms with E-state index in [2.05, 4.69) is 29.6 Å². The van der Waals surface area contributed by atoms with E-state index in [0.29, 0.717) is 18.1 Å². The Morgan fingerprint density at radius 3 is 3.00 bits per heavy atom. The maximum Gasteiger partial charge on any atom is 0.150 e. The second-order valence-electron chi connectivity index (χ2n) is 5.32. The van der Waals surface area contributed by atoms with Gasteiger partial charge in [-0.15, -0.1) is 0 Å². The molecule has 3 rings (SSSR count). The molecule has 0 spiro atoms. The number of hydrogen-bond acceptors (Lipinski definition) is 3. The van der Waals surface area contributed by atoms with Gasteiger partial charge in [0.25, 0.3) is 0 Å². The minimum Gasteiger partial charge on any atom is -0.380 e. The predicted octanol–water partition coefficient (Wildman–Crippen LogP) is 1.66. The zero-order valence-electron chi connectivity index (χ0n) is 10.7. The van der Waals surface area contributed by atoms with E-state index in [4.69, 9.17) is 4.74 Å². The van der Waals surface area contributed by atoms with Crippen molar-refractivity contribution in [3.05, 3.63) is 35.4 Å². The number of carbonyl (C=O) groups is 1. The van der Waals surface area contributed by atoms with Gasteiger partial charge in [-0.2, -0.15) is 0 Å². The number of ether oxygens (including phenoxy) is 1. The van der Waals surface area contributed by atoms with E-state index in [-0.39, 0.29) is 12.1 Å². The maximum absolute atomic E-state index is 12.2. The number of methoxy groups -OCH3 is 1. The van der Waals surface area contributed by atoms with Crippen molar-refractivity contribution in [1.82, 2.24) is 5.32 Å². The molecular formula is C15H19NO2. The van der Waals surface area contributed by atoms with Crippen molar-refractivity contribution in [2.45, 2.75) is 37.3 Å². The van der Waals surface area contributed by atoms with Crippen LogP contribution in [0.25, 0.3) is 0 Å². The molecule has 1 saturated heterocycles. The van der Waals surface area contributed by atoms with Gasteiger partial charge in [0.2, 0.25) is 0 Å². The van der Waals surface area contributed by atoms with E-state index >= 15 is 0 Å². The summed E-state index contributed by atoms with van der Waals surface area (Å²) in [5.74, 6) is 0.783. The van der Waals surface area contributed by atoms with Gasteiger partial charge < -0.3 is 10.1 Å². The lowest BCUT2D eigenvalue weighted by Crippen LogP contribution is -2.33. The molecule has 3 atom stereocenters. The summed E-state index contributed by atoms with van der Waals surface area (Å²) in [5, 5.41) is 3.26. The second kappa shape index (κ2) is 4.82. The first-order chi connectivity index (χ1) is 8.78. The zero-order chi connectivity index (χ0) is 12.5. The molecule has 3 heteroatoms. The van der Waals surface area contributed by atoms with Crippen LogP contribution in [0.4, 0.5) is 0 Å². The van der Waals surface area contributed by atoms with Gasteiger partial charge in [-0.05, 0) is 29.9 Å². The molecule has 1 aliphatic carbocycles. The Morgan fingerprint density at radius 1 is 1.44 bits per heavy atom. The molecule has 96 valence electrons. The molecule has 0 aromatic heterocycles. The number of benzene rings is 1. The van der Waals surface area contributed by atoms with Crippen LogP contribution in [-0.4, -0.2) is 31.6 Å². The van der Waals surface area contributed by atoms with Crippen LogP contribution in [0.5, 0.6) is 0 Å². The lowest BCUT2D eigenvalue weighted by molar-refractivity contribution is -0.121. The largest absolute Gasteiger partial charge is 0.380 e. The zero-order valence-corrected chi connectivity index (χ0v) is 10.7. The standard InChI is InChI=1S/C15H19NO2/c1-18-12-8-14(16-9-12)15(17)7-11-6-10-4-2-3-5-13(10)11/h2-5,11-12,14,16H,6-9H2,1H3. The summed E-state index contributed by atoms with van der Waals surface area (Å²) in [4.78, 5) is 12.2. The quantitative estimate of drug-likeness (QED) is 0.876. The van der Waals surface area contributed by atoms with Crippen LogP contribution in [-0.2, 0) is 16.0 Å². The molecule has 3 unspecified atom stereocenters. The van der Waals surface area contributed by atoms with Gasteiger partial charge in [0.05, 0.1) is 12.1 Å². The van der Waals surface area contributed by atoms with Crippen molar-refractivity contribution in [2.24, 2.45) is 0 Å². The van der Waals surface area contributed by atoms with Crippen LogP contribution >= 0.6 is 0 Å². The summed E-state index contributed by atoms with van der Waals surface area (Å²) in [5.41, 5.74) is 2.77. The highest BCUT2D eigenvalue weighted by Crippen LogP contribution is 2.37. The van der Waals surface area contributed by atoms with Gasteiger partial charge in [-0.1, -0.05) is 24.3 Å². The lowest BCUT2D eigenvalue weighted by Gasteiger charge is -2.30. The summed E-state index contributed by atoms with van der Waals surface area (Å²) < 4.78 is 5.28. The Morgan fingerprint density at radius 2 is 2.28 bits per heavy atom. The molecule has 1 aliphatic heterocycles. The predicted molar refractivity (Wildman–Crippen MR) is 69.7 cm³/mol. The normalized spacial score (nSPS) is 29.7. The monoisotopic (exact) mass is 245 g/mol. The van der Waals surface area contributed by atoms with Crippen LogP contribution in [0.1, 0.15) is 29.9 Å². The Balaban J connectivity index is 1.57. The van der Waals surface area contributed by atoms with E-state index < -0.39 is 0 Å². The fourth-order valence-electron chi connectivity index (χ4n) is 3.06. The topological polar surface area (TPSA) is 38.3 Å². The molecule has 0 bridgehead atoms. The summed E-state index contributed by atoms with van der Waals surface area (Å²) in [6, 6.07) is 8.44. The van der Waals surface area contributed by atoms with Crippen molar-refractivity contribution >= 4 is 5.78 Å². The number of rotatable bonds is 4. The Hall–Kier alpha value is -1.19. The molecular weight excluding hydrogens is 226 g/mol. The fraction of sp³-hybridized carbons (Fsp3) is 0.533. The highest BCUT2D eigenvalue weighted by molar-refractivity contribution is 5.85. The lowest BCUT2D eigenvalue weighted by atomic mass is 9.74.